The molecule has 0 aliphatic carbocycles. The Bertz CT molecular complexity index is 262. The normalized spacial score (nSPS) is 10.9. The number of benzene rings is 1. The summed E-state index contributed by atoms with van der Waals surface area (Å²) in [5.74, 6) is 0.737. The lowest BCUT2D eigenvalue weighted by Gasteiger charge is -2.17. The van der Waals surface area contributed by atoms with Gasteiger partial charge < -0.3 is 0 Å². The topological polar surface area (TPSA) is 0 Å². The van der Waals surface area contributed by atoms with Gasteiger partial charge in [-0.2, -0.15) is 0 Å². The zero-order valence-corrected chi connectivity index (χ0v) is 10.7. The summed E-state index contributed by atoms with van der Waals surface area (Å²) in [4.78, 5) is 0. The fourth-order valence-electron chi connectivity index (χ4n) is 1.96. The first-order valence-electron chi connectivity index (χ1n) is 5.54. The minimum Gasteiger partial charge on any atom is -0.0654 e. The van der Waals surface area contributed by atoms with Gasteiger partial charge in [0.25, 0.3) is 0 Å². The molecule has 0 aromatic heterocycles. The van der Waals surface area contributed by atoms with Crippen molar-refractivity contribution in [2.45, 2.75) is 45.4 Å². The van der Waals surface area contributed by atoms with Crippen molar-refractivity contribution in [1.29, 1.82) is 0 Å². The monoisotopic (exact) mass is 254 g/mol. The van der Waals surface area contributed by atoms with Gasteiger partial charge in [0.1, 0.15) is 0 Å². The summed E-state index contributed by atoms with van der Waals surface area (Å²) in [6, 6.07) is 8.62. The van der Waals surface area contributed by atoms with Gasteiger partial charge in [0, 0.05) is 4.47 Å². The van der Waals surface area contributed by atoms with E-state index in [0.29, 0.717) is 0 Å². The average molecular weight is 255 g/mol. The Morgan fingerprint density at radius 3 is 2.14 bits per heavy atom. The smallest absolute Gasteiger partial charge is 0.0210 e. The van der Waals surface area contributed by atoms with Crippen molar-refractivity contribution < 1.29 is 0 Å². The molecule has 0 nitrogen and oxygen atoms in total. The van der Waals surface area contributed by atoms with Gasteiger partial charge in [-0.1, -0.05) is 60.8 Å². The van der Waals surface area contributed by atoms with Crippen LogP contribution < -0.4 is 0 Å². The molecule has 0 amide bonds. The molecule has 78 valence electrons. The fourth-order valence-corrected chi connectivity index (χ4v) is 2.57. The Morgan fingerprint density at radius 2 is 1.64 bits per heavy atom. The van der Waals surface area contributed by atoms with Crippen molar-refractivity contribution in [3.8, 4) is 0 Å². The van der Waals surface area contributed by atoms with Crippen LogP contribution in [-0.2, 0) is 0 Å². The Balaban J connectivity index is 2.81. The fraction of sp³-hybridized carbons (Fsp3) is 0.538. The van der Waals surface area contributed by atoms with Crippen LogP contribution in [0.2, 0.25) is 0 Å². The van der Waals surface area contributed by atoms with E-state index in [4.69, 9.17) is 0 Å². The Kier molecular flexibility index (Phi) is 5.24. The zero-order chi connectivity index (χ0) is 10.4. The highest BCUT2D eigenvalue weighted by Crippen LogP contribution is 2.31. The maximum atomic E-state index is 3.64. The minimum absolute atomic E-state index is 0.737. The van der Waals surface area contributed by atoms with Crippen molar-refractivity contribution in [2.24, 2.45) is 0 Å². The molecule has 0 aliphatic rings. The third-order valence-electron chi connectivity index (χ3n) is 2.62. The molecule has 0 atom stereocenters. The molecule has 0 radical (unpaired) electrons. The maximum Gasteiger partial charge on any atom is 0.0210 e. The van der Waals surface area contributed by atoms with Crippen molar-refractivity contribution in [1.82, 2.24) is 0 Å². The van der Waals surface area contributed by atoms with Crippen LogP contribution in [0.5, 0.6) is 0 Å². The molecule has 1 heteroatoms. The predicted octanol–water partition coefficient (Wildman–Crippen LogP) is 5.13. The molecule has 0 saturated carbocycles. The van der Waals surface area contributed by atoms with Crippen LogP contribution in [-0.4, -0.2) is 0 Å². The van der Waals surface area contributed by atoms with Gasteiger partial charge in [0.15, 0.2) is 0 Å². The molecule has 1 rings (SSSR count). The highest BCUT2D eigenvalue weighted by Gasteiger charge is 2.11. The van der Waals surface area contributed by atoms with Crippen LogP contribution in [0, 0.1) is 0 Å². The summed E-state index contributed by atoms with van der Waals surface area (Å²) in [6.07, 6.45) is 5.14. The first kappa shape index (κ1) is 11.8. The number of rotatable bonds is 5. The van der Waals surface area contributed by atoms with E-state index in [2.05, 4.69) is 54.0 Å². The number of halogens is 1. The molecular weight excluding hydrogens is 236 g/mol. The van der Waals surface area contributed by atoms with Gasteiger partial charge in [-0.05, 0) is 30.4 Å². The lowest BCUT2D eigenvalue weighted by atomic mass is 9.90. The lowest BCUT2D eigenvalue weighted by molar-refractivity contribution is 0.559. The standard InChI is InChI=1S/C13H19Br/c1-3-7-11(8-4-2)12-9-5-6-10-13(12)14/h5-6,9-11H,3-4,7-8H2,1-2H3. The Labute approximate surface area is 95.9 Å². The molecule has 0 spiro atoms. The van der Waals surface area contributed by atoms with E-state index in [9.17, 15) is 0 Å². The predicted molar refractivity (Wildman–Crippen MR) is 66.7 cm³/mol. The molecule has 1 aromatic rings. The minimum atomic E-state index is 0.737. The second kappa shape index (κ2) is 6.23. The summed E-state index contributed by atoms with van der Waals surface area (Å²) < 4.78 is 1.27. The van der Waals surface area contributed by atoms with Crippen LogP contribution in [0.25, 0.3) is 0 Å². The number of hydrogen-bond donors (Lipinski definition) is 0. The molecule has 0 saturated heterocycles. The molecule has 0 fully saturated rings. The first-order valence-corrected chi connectivity index (χ1v) is 6.33. The van der Waals surface area contributed by atoms with Gasteiger partial charge >= 0.3 is 0 Å². The Morgan fingerprint density at radius 1 is 1.07 bits per heavy atom. The largest absolute Gasteiger partial charge is 0.0654 e. The SMILES string of the molecule is CCCC(CCC)c1ccccc1Br. The van der Waals surface area contributed by atoms with Crippen LogP contribution in [0.3, 0.4) is 0 Å². The van der Waals surface area contributed by atoms with Gasteiger partial charge in [-0.15, -0.1) is 0 Å². The van der Waals surface area contributed by atoms with E-state index in [-0.39, 0.29) is 0 Å². The average Bonchev–Trinajstić information content (AvgIpc) is 2.18. The van der Waals surface area contributed by atoms with Crippen molar-refractivity contribution in [3.63, 3.8) is 0 Å². The summed E-state index contributed by atoms with van der Waals surface area (Å²) >= 11 is 3.64. The quantitative estimate of drug-likeness (QED) is 0.683. The van der Waals surface area contributed by atoms with E-state index in [1.165, 1.54) is 35.7 Å². The second-order valence-electron chi connectivity index (χ2n) is 3.80. The molecule has 0 bridgehead atoms. The summed E-state index contributed by atoms with van der Waals surface area (Å²) in [5.41, 5.74) is 1.48. The van der Waals surface area contributed by atoms with Gasteiger partial charge in [-0.3, -0.25) is 0 Å². The molecular formula is C13H19Br. The highest BCUT2D eigenvalue weighted by molar-refractivity contribution is 9.10. The van der Waals surface area contributed by atoms with E-state index < -0.39 is 0 Å². The summed E-state index contributed by atoms with van der Waals surface area (Å²) in [5, 5.41) is 0. The second-order valence-corrected chi connectivity index (χ2v) is 4.65. The molecule has 0 N–H and O–H groups in total. The zero-order valence-electron chi connectivity index (χ0n) is 9.09. The maximum absolute atomic E-state index is 3.64. The van der Waals surface area contributed by atoms with Crippen molar-refractivity contribution >= 4 is 15.9 Å². The van der Waals surface area contributed by atoms with Crippen LogP contribution in [0.4, 0.5) is 0 Å². The number of hydrogen-bond acceptors (Lipinski definition) is 0. The van der Waals surface area contributed by atoms with Gasteiger partial charge in [0.2, 0.25) is 0 Å². The lowest BCUT2D eigenvalue weighted by Crippen LogP contribution is -1.99. The third-order valence-corrected chi connectivity index (χ3v) is 3.34. The van der Waals surface area contributed by atoms with Crippen molar-refractivity contribution in [2.75, 3.05) is 0 Å². The van der Waals surface area contributed by atoms with E-state index in [1.54, 1.807) is 0 Å². The highest BCUT2D eigenvalue weighted by atomic mass is 79.9. The van der Waals surface area contributed by atoms with Gasteiger partial charge in [-0.25, -0.2) is 0 Å². The van der Waals surface area contributed by atoms with Crippen LogP contribution in [0.15, 0.2) is 28.7 Å². The molecule has 1 aromatic carbocycles. The van der Waals surface area contributed by atoms with Crippen molar-refractivity contribution in [3.05, 3.63) is 34.3 Å². The first-order chi connectivity index (χ1) is 6.79. The van der Waals surface area contributed by atoms with E-state index in [1.807, 2.05) is 0 Å². The van der Waals surface area contributed by atoms with Gasteiger partial charge in [0.05, 0.1) is 0 Å². The third kappa shape index (κ3) is 3.13. The molecule has 0 heterocycles. The molecule has 0 aliphatic heterocycles. The van der Waals surface area contributed by atoms with E-state index in [0.717, 1.165) is 5.92 Å². The van der Waals surface area contributed by atoms with Crippen LogP contribution in [0.1, 0.15) is 51.0 Å². The summed E-state index contributed by atoms with van der Waals surface area (Å²) in [6.45, 7) is 4.53. The Hall–Kier alpha value is -0.300. The molecule has 14 heavy (non-hydrogen) atoms. The van der Waals surface area contributed by atoms with Crippen LogP contribution >= 0.6 is 15.9 Å². The van der Waals surface area contributed by atoms with E-state index >= 15 is 0 Å². The molecule has 0 unspecified atom stereocenters. The summed E-state index contributed by atoms with van der Waals surface area (Å²) in [7, 11) is 0.